The third-order valence-electron chi connectivity index (χ3n) is 6.23. The first kappa shape index (κ1) is 23.4. The van der Waals surface area contributed by atoms with E-state index in [1.807, 2.05) is 72.8 Å². The highest BCUT2D eigenvalue weighted by Crippen LogP contribution is 2.45. The molecule has 2 N–H and O–H groups in total. The third-order valence-corrected chi connectivity index (χ3v) is 6.23. The molecule has 1 aliphatic heterocycles. The summed E-state index contributed by atoms with van der Waals surface area (Å²) >= 11 is 0. The lowest BCUT2D eigenvalue weighted by Gasteiger charge is -2.28. The number of para-hydroxylation sites is 2. The number of hydrogen-bond acceptors (Lipinski definition) is 4. The van der Waals surface area contributed by atoms with Crippen molar-refractivity contribution in [1.82, 2.24) is 0 Å². The number of benzene rings is 3. The Morgan fingerprint density at radius 2 is 1.71 bits per heavy atom. The molecule has 0 saturated heterocycles. The molecule has 0 aliphatic carbocycles. The molecule has 6 heteroatoms. The second kappa shape index (κ2) is 10.0. The van der Waals surface area contributed by atoms with E-state index in [0.717, 1.165) is 17.7 Å². The first-order valence-corrected chi connectivity index (χ1v) is 11.3. The van der Waals surface area contributed by atoms with Crippen LogP contribution in [0.5, 0.6) is 0 Å². The average molecular weight is 457 g/mol. The molecule has 0 bridgehead atoms. The Balaban J connectivity index is 1.65. The van der Waals surface area contributed by atoms with Crippen molar-refractivity contribution < 1.29 is 19.8 Å². The van der Waals surface area contributed by atoms with E-state index in [-0.39, 0.29) is 13.2 Å². The fourth-order valence-electron chi connectivity index (χ4n) is 4.42. The number of aliphatic hydroxyl groups excluding tert-OH is 1. The van der Waals surface area contributed by atoms with Crippen molar-refractivity contribution in [2.24, 2.45) is 5.92 Å². The Morgan fingerprint density at radius 3 is 2.44 bits per heavy atom. The zero-order chi connectivity index (χ0) is 24.1. The van der Waals surface area contributed by atoms with E-state index in [4.69, 9.17) is 5.11 Å². The lowest BCUT2D eigenvalue weighted by atomic mass is 9.83. The maximum Gasteiger partial charge on any atom is 0.264 e. The van der Waals surface area contributed by atoms with Gasteiger partial charge in [-0.1, -0.05) is 67.6 Å². The van der Waals surface area contributed by atoms with Gasteiger partial charge in [0.15, 0.2) is 5.60 Å². The molecule has 0 saturated carbocycles. The molecule has 2 atom stereocenters. The molecule has 3 aromatic carbocycles. The molecular formula is C28H28N2O4. The largest absolute Gasteiger partial charge is 0.396 e. The topological polar surface area (TPSA) is 81.1 Å². The van der Waals surface area contributed by atoms with Crippen LogP contribution in [0.3, 0.4) is 0 Å². The number of nitrogens with zero attached hydrogens (tertiary/aromatic N) is 2. The van der Waals surface area contributed by atoms with Gasteiger partial charge in [-0.15, -0.1) is 0 Å². The van der Waals surface area contributed by atoms with E-state index in [2.05, 4.69) is 0 Å². The van der Waals surface area contributed by atoms with E-state index in [1.54, 1.807) is 34.9 Å². The zero-order valence-corrected chi connectivity index (χ0v) is 19.0. The molecule has 0 spiro atoms. The smallest absolute Gasteiger partial charge is 0.264 e. The van der Waals surface area contributed by atoms with Crippen LogP contribution in [-0.2, 0) is 21.7 Å². The number of fused-ring (bicyclic) bond motifs is 1. The van der Waals surface area contributed by atoms with Crippen molar-refractivity contribution in [3.63, 3.8) is 0 Å². The maximum atomic E-state index is 13.6. The Labute approximate surface area is 199 Å². The number of anilines is 3. The lowest BCUT2D eigenvalue weighted by Crippen LogP contribution is -2.44. The Bertz CT molecular complexity index is 1190. The highest BCUT2D eigenvalue weighted by Gasteiger charge is 2.52. The van der Waals surface area contributed by atoms with E-state index in [1.165, 1.54) is 0 Å². The maximum absolute atomic E-state index is 13.6. The van der Waals surface area contributed by atoms with E-state index in [0.29, 0.717) is 23.4 Å². The first-order valence-electron chi connectivity index (χ1n) is 11.3. The van der Waals surface area contributed by atoms with Gasteiger partial charge in [0, 0.05) is 29.5 Å². The summed E-state index contributed by atoms with van der Waals surface area (Å²) in [5.41, 5.74) is 1.80. The summed E-state index contributed by atoms with van der Waals surface area (Å²) in [7, 11) is 0. The Kier molecular flexibility index (Phi) is 6.91. The minimum absolute atomic E-state index is 0.00936. The summed E-state index contributed by atoms with van der Waals surface area (Å²) in [6.45, 7) is 2.06. The van der Waals surface area contributed by atoms with Crippen LogP contribution < -0.4 is 9.80 Å². The molecule has 0 aromatic heterocycles. The van der Waals surface area contributed by atoms with Crippen LogP contribution in [0.1, 0.15) is 24.5 Å². The van der Waals surface area contributed by atoms with Crippen molar-refractivity contribution in [2.45, 2.75) is 25.5 Å². The monoisotopic (exact) mass is 456 g/mol. The minimum atomic E-state index is -1.70. The number of amides is 2. The first-order chi connectivity index (χ1) is 16.5. The summed E-state index contributed by atoms with van der Waals surface area (Å²) in [6, 6.07) is 24.1. The van der Waals surface area contributed by atoms with Gasteiger partial charge in [0.1, 0.15) is 0 Å². The molecule has 4 rings (SSSR count). The van der Waals surface area contributed by atoms with Gasteiger partial charge in [0.2, 0.25) is 6.41 Å². The summed E-state index contributed by atoms with van der Waals surface area (Å²) in [5.74, 6) is -0.872. The number of carbonyl (C=O) groups excluding carboxylic acids is 2. The molecule has 0 fully saturated rings. The van der Waals surface area contributed by atoms with Gasteiger partial charge < -0.3 is 15.1 Å². The third kappa shape index (κ3) is 4.25. The van der Waals surface area contributed by atoms with Gasteiger partial charge >= 0.3 is 0 Å². The van der Waals surface area contributed by atoms with Crippen molar-refractivity contribution >= 4 is 29.4 Å². The van der Waals surface area contributed by atoms with E-state index >= 15 is 0 Å². The second-order valence-electron chi connectivity index (χ2n) is 8.38. The van der Waals surface area contributed by atoms with Crippen LogP contribution in [0.15, 0.2) is 91.0 Å². The van der Waals surface area contributed by atoms with Crippen LogP contribution in [0.25, 0.3) is 0 Å². The summed E-state index contributed by atoms with van der Waals surface area (Å²) in [6.07, 6.45) is 4.78. The van der Waals surface area contributed by atoms with Gasteiger partial charge in [-0.2, -0.15) is 0 Å². The molecule has 34 heavy (non-hydrogen) atoms. The normalized spacial score (nSPS) is 18.2. The van der Waals surface area contributed by atoms with Crippen LogP contribution in [0.2, 0.25) is 0 Å². The number of carbonyl (C=O) groups is 2. The van der Waals surface area contributed by atoms with Crippen LogP contribution in [-0.4, -0.2) is 29.1 Å². The summed E-state index contributed by atoms with van der Waals surface area (Å²) < 4.78 is 0. The molecule has 3 aromatic rings. The molecule has 0 radical (unpaired) electrons. The molecule has 1 aliphatic rings. The summed E-state index contributed by atoms with van der Waals surface area (Å²) in [4.78, 5) is 28.6. The predicted octanol–water partition coefficient (Wildman–Crippen LogP) is 4.29. The molecule has 6 nitrogen and oxygen atoms in total. The molecule has 1 heterocycles. The molecule has 2 amide bonds. The van der Waals surface area contributed by atoms with Gasteiger partial charge in [-0.3, -0.25) is 14.5 Å². The quantitative estimate of drug-likeness (QED) is 0.372. The van der Waals surface area contributed by atoms with Gasteiger partial charge in [0.25, 0.3) is 5.91 Å². The zero-order valence-electron chi connectivity index (χ0n) is 19.0. The second-order valence-corrected chi connectivity index (χ2v) is 8.38. The average Bonchev–Trinajstić information content (AvgIpc) is 3.08. The SMILES string of the molecule is C[C@H](/C=C/CCO)[C@@]1(O)C(=O)N(Cc2cccc(N(C=O)c3ccccc3)c2)c2ccccc21. The fourth-order valence-corrected chi connectivity index (χ4v) is 4.42. The lowest BCUT2D eigenvalue weighted by molar-refractivity contribution is -0.139. The Hall–Kier alpha value is -3.74. The van der Waals surface area contributed by atoms with Crippen molar-refractivity contribution in [3.05, 3.63) is 102 Å². The standard InChI is InChI=1S/C28H28N2O4/c1-21(10-7-8-17-31)28(34)25-15-5-6-16-26(25)29(27(28)33)19-22-11-9-14-24(18-22)30(20-32)23-12-3-2-4-13-23/h2-7,9-16,18,20-21,31,34H,8,17,19H2,1H3/b10-7+/t21-,28+/m1/s1. The van der Waals surface area contributed by atoms with Crippen molar-refractivity contribution in [2.75, 3.05) is 16.4 Å². The highest BCUT2D eigenvalue weighted by atomic mass is 16.3. The summed E-state index contributed by atoms with van der Waals surface area (Å²) in [5, 5.41) is 20.7. The van der Waals surface area contributed by atoms with E-state index in [9.17, 15) is 14.7 Å². The minimum Gasteiger partial charge on any atom is -0.396 e. The number of hydrogen-bond donors (Lipinski definition) is 2. The van der Waals surface area contributed by atoms with Crippen LogP contribution >= 0.6 is 0 Å². The number of rotatable bonds is 9. The van der Waals surface area contributed by atoms with Crippen LogP contribution in [0.4, 0.5) is 17.1 Å². The van der Waals surface area contributed by atoms with Crippen molar-refractivity contribution in [3.8, 4) is 0 Å². The molecular weight excluding hydrogens is 428 g/mol. The van der Waals surface area contributed by atoms with Gasteiger partial charge in [-0.05, 0) is 42.3 Å². The van der Waals surface area contributed by atoms with E-state index < -0.39 is 17.4 Å². The van der Waals surface area contributed by atoms with Crippen LogP contribution in [0, 0.1) is 5.92 Å². The Morgan fingerprint density at radius 1 is 1.00 bits per heavy atom. The number of aliphatic hydroxyl groups is 2. The fraction of sp³-hybridized carbons (Fsp3) is 0.214. The highest BCUT2D eigenvalue weighted by molar-refractivity contribution is 6.07. The predicted molar refractivity (Wildman–Crippen MR) is 133 cm³/mol. The molecule has 174 valence electrons. The van der Waals surface area contributed by atoms with Crippen molar-refractivity contribution in [1.29, 1.82) is 0 Å². The van der Waals surface area contributed by atoms with Gasteiger partial charge in [-0.25, -0.2) is 0 Å². The van der Waals surface area contributed by atoms with Gasteiger partial charge in [0.05, 0.1) is 12.2 Å². The molecule has 0 unspecified atom stereocenters.